The molecular weight excluding hydrogens is 382 g/mol. The van der Waals surface area contributed by atoms with Gasteiger partial charge in [0.1, 0.15) is 23.0 Å². The Bertz CT molecular complexity index is 1210. The third-order valence-corrected chi connectivity index (χ3v) is 4.86. The molecule has 7 heteroatoms. The summed E-state index contributed by atoms with van der Waals surface area (Å²) in [6.45, 7) is 3.64. The highest BCUT2D eigenvalue weighted by atomic mass is 16.5. The Labute approximate surface area is 173 Å². The number of rotatable bonds is 6. The molecule has 0 aliphatic heterocycles. The van der Waals surface area contributed by atoms with Crippen LogP contribution in [0.25, 0.3) is 10.9 Å². The molecule has 0 aliphatic carbocycles. The number of ether oxygens (including phenoxy) is 2. The van der Waals surface area contributed by atoms with E-state index >= 15 is 0 Å². The van der Waals surface area contributed by atoms with E-state index in [1.54, 1.807) is 26.3 Å². The second-order valence-corrected chi connectivity index (χ2v) is 6.84. The molecule has 0 saturated heterocycles. The van der Waals surface area contributed by atoms with Crippen molar-refractivity contribution in [1.29, 1.82) is 0 Å². The number of para-hydroxylation sites is 1. The number of nitrogens with one attached hydrogen (secondary N) is 1. The minimum atomic E-state index is -0.210. The van der Waals surface area contributed by atoms with Crippen LogP contribution in [0.15, 0.2) is 59.3 Å². The smallest absolute Gasteiger partial charge is 0.230 e. The van der Waals surface area contributed by atoms with Crippen LogP contribution in [0.5, 0.6) is 17.2 Å². The fourth-order valence-electron chi connectivity index (χ4n) is 3.10. The molecule has 1 amide bonds. The number of methoxy groups -OCH3 is 1. The molecule has 0 fully saturated rings. The topological polar surface area (TPSA) is 86.5 Å². The Balaban J connectivity index is 1.52. The van der Waals surface area contributed by atoms with Gasteiger partial charge < -0.3 is 19.3 Å². The van der Waals surface area contributed by atoms with Crippen LogP contribution in [0.4, 0.5) is 5.82 Å². The number of fused-ring (bicyclic) bond motifs is 1. The number of hydrogen-bond acceptors (Lipinski definition) is 6. The second-order valence-electron chi connectivity index (χ2n) is 6.84. The zero-order valence-electron chi connectivity index (χ0n) is 16.9. The van der Waals surface area contributed by atoms with Crippen molar-refractivity contribution in [3.63, 3.8) is 0 Å². The van der Waals surface area contributed by atoms with Crippen molar-refractivity contribution in [2.24, 2.45) is 0 Å². The summed E-state index contributed by atoms with van der Waals surface area (Å²) in [5, 5.41) is 7.55. The minimum absolute atomic E-state index is 0.132. The summed E-state index contributed by atoms with van der Waals surface area (Å²) in [6, 6.07) is 15.0. The summed E-state index contributed by atoms with van der Waals surface area (Å²) in [6.07, 6.45) is 1.84. The quantitative estimate of drug-likeness (QED) is 0.497. The normalized spacial score (nSPS) is 10.8. The van der Waals surface area contributed by atoms with Crippen molar-refractivity contribution < 1.29 is 18.8 Å². The Kier molecular flexibility index (Phi) is 5.34. The molecule has 0 saturated carbocycles. The van der Waals surface area contributed by atoms with E-state index in [0.29, 0.717) is 28.8 Å². The van der Waals surface area contributed by atoms with Gasteiger partial charge >= 0.3 is 0 Å². The molecule has 2 aromatic carbocycles. The number of nitrogens with zero attached hydrogens (tertiary/aromatic N) is 2. The SMILES string of the molecule is COc1cc(Oc2ccnc3ccccc23)ccc1CC(=O)Nc1noc(C)c1C. The Morgan fingerprint density at radius 3 is 2.70 bits per heavy atom. The molecule has 152 valence electrons. The lowest BCUT2D eigenvalue weighted by atomic mass is 10.1. The van der Waals surface area contributed by atoms with Gasteiger partial charge in [-0.2, -0.15) is 0 Å². The molecule has 0 radical (unpaired) electrons. The average molecular weight is 403 g/mol. The summed E-state index contributed by atoms with van der Waals surface area (Å²) in [7, 11) is 1.56. The van der Waals surface area contributed by atoms with E-state index in [2.05, 4.69) is 15.5 Å². The number of aromatic nitrogens is 2. The lowest BCUT2D eigenvalue weighted by Crippen LogP contribution is -2.15. The maximum Gasteiger partial charge on any atom is 0.230 e. The van der Waals surface area contributed by atoms with Gasteiger partial charge in [-0.15, -0.1) is 0 Å². The molecule has 4 aromatic rings. The van der Waals surface area contributed by atoms with Crippen LogP contribution < -0.4 is 14.8 Å². The monoisotopic (exact) mass is 403 g/mol. The van der Waals surface area contributed by atoms with Gasteiger partial charge in [-0.1, -0.05) is 23.4 Å². The van der Waals surface area contributed by atoms with E-state index in [-0.39, 0.29) is 12.3 Å². The maximum absolute atomic E-state index is 12.4. The summed E-state index contributed by atoms with van der Waals surface area (Å²) < 4.78 is 16.6. The number of amides is 1. The van der Waals surface area contributed by atoms with Gasteiger partial charge in [-0.05, 0) is 38.1 Å². The lowest BCUT2D eigenvalue weighted by Gasteiger charge is -2.12. The lowest BCUT2D eigenvalue weighted by molar-refractivity contribution is -0.115. The fraction of sp³-hybridized carbons (Fsp3) is 0.174. The van der Waals surface area contributed by atoms with Gasteiger partial charge in [0.15, 0.2) is 5.82 Å². The number of carbonyl (C=O) groups is 1. The number of pyridine rings is 1. The van der Waals surface area contributed by atoms with E-state index in [1.807, 2.05) is 49.4 Å². The summed E-state index contributed by atoms with van der Waals surface area (Å²) in [5.41, 5.74) is 2.40. The number of hydrogen-bond donors (Lipinski definition) is 1. The van der Waals surface area contributed by atoms with Crippen LogP contribution in [-0.4, -0.2) is 23.2 Å². The first kappa shape index (κ1) is 19.4. The van der Waals surface area contributed by atoms with Crippen LogP contribution in [0.3, 0.4) is 0 Å². The Hall–Kier alpha value is -3.87. The zero-order valence-corrected chi connectivity index (χ0v) is 16.9. The van der Waals surface area contributed by atoms with E-state index in [4.69, 9.17) is 14.0 Å². The van der Waals surface area contributed by atoms with E-state index < -0.39 is 0 Å². The van der Waals surface area contributed by atoms with E-state index in [1.165, 1.54) is 0 Å². The highest BCUT2D eigenvalue weighted by Gasteiger charge is 2.15. The molecule has 2 aromatic heterocycles. The van der Waals surface area contributed by atoms with E-state index in [0.717, 1.165) is 22.0 Å². The van der Waals surface area contributed by atoms with Gasteiger partial charge in [0, 0.05) is 28.8 Å². The third-order valence-electron chi connectivity index (χ3n) is 4.86. The van der Waals surface area contributed by atoms with Crippen LogP contribution in [-0.2, 0) is 11.2 Å². The van der Waals surface area contributed by atoms with Gasteiger partial charge in [-0.3, -0.25) is 9.78 Å². The maximum atomic E-state index is 12.4. The average Bonchev–Trinajstić information content (AvgIpc) is 3.07. The standard InChI is InChI=1S/C23H21N3O4/c1-14-15(2)30-26-23(14)25-22(27)12-16-8-9-17(13-21(16)28-3)29-20-10-11-24-19-7-5-4-6-18(19)20/h4-11,13H,12H2,1-3H3,(H,25,26,27). The molecule has 0 aliphatic rings. The van der Waals surface area contributed by atoms with Crippen molar-refractivity contribution in [2.75, 3.05) is 12.4 Å². The zero-order chi connectivity index (χ0) is 21.1. The van der Waals surface area contributed by atoms with Crippen molar-refractivity contribution in [3.05, 3.63) is 71.6 Å². The summed E-state index contributed by atoms with van der Waals surface area (Å²) >= 11 is 0. The predicted molar refractivity (Wildman–Crippen MR) is 113 cm³/mol. The molecule has 4 rings (SSSR count). The predicted octanol–water partition coefficient (Wildman–Crippen LogP) is 4.82. The first-order chi connectivity index (χ1) is 14.5. The number of anilines is 1. The van der Waals surface area contributed by atoms with Crippen LogP contribution in [0, 0.1) is 13.8 Å². The molecular formula is C23H21N3O4. The van der Waals surface area contributed by atoms with Gasteiger partial charge in [0.25, 0.3) is 0 Å². The molecule has 1 N–H and O–H groups in total. The number of carbonyl (C=O) groups excluding carboxylic acids is 1. The fourth-order valence-corrected chi connectivity index (χ4v) is 3.10. The van der Waals surface area contributed by atoms with Crippen LogP contribution >= 0.6 is 0 Å². The molecule has 0 bridgehead atoms. The number of aryl methyl sites for hydroxylation is 1. The van der Waals surface area contributed by atoms with E-state index in [9.17, 15) is 4.79 Å². The minimum Gasteiger partial charge on any atom is -0.496 e. The van der Waals surface area contributed by atoms with Crippen molar-refractivity contribution >= 4 is 22.6 Å². The molecule has 30 heavy (non-hydrogen) atoms. The van der Waals surface area contributed by atoms with Gasteiger partial charge in [0.05, 0.1) is 19.0 Å². The van der Waals surface area contributed by atoms with Crippen molar-refractivity contribution in [1.82, 2.24) is 10.1 Å². The molecule has 0 spiro atoms. The van der Waals surface area contributed by atoms with Crippen molar-refractivity contribution in [2.45, 2.75) is 20.3 Å². The van der Waals surface area contributed by atoms with Gasteiger partial charge in [0.2, 0.25) is 5.91 Å². The van der Waals surface area contributed by atoms with Crippen LogP contribution in [0.2, 0.25) is 0 Å². The Morgan fingerprint density at radius 1 is 1.10 bits per heavy atom. The molecule has 7 nitrogen and oxygen atoms in total. The largest absolute Gasteiger partial charge is 0.496 e. The first-order valence-corrected chi connectivity index (χ1v) is 9.46. The highest BCUT2D eigenvalue weighted by Crippen LogP contribution is 2.32. The highest BCUT2D eigenvalue weighted by molar-refractivity contribution is 5.92. The summed E-state index contributed by atoms with van der Waals surface area (Å²) in [4.78, 5) is 16.8. The molecule has 0 atom stereocenters. The second kappa shape index (κ2) is 8.24. The molecule has 0 unspecified atom stereocenters. The van der Waals surface area contributed by atoms with Crippen molar-refractivity contribution in [3.8, 4) is 17.2 Å². The van der Waals surface area contributed by atoms with Crippen LogP contribution in [0.1, 0.15) is 16.9 Å². The first-order valence-electron chi connectivity index (χ1n) is 9.46. The Morgan fingerprint density at radius 2 is 1.93 bits per heavy atom. The van der Waals surface area contributed by atoms with Gasteiger partial charge in [-0.25, -0.2) is 0 Å². The number of benzene rings is 2. The summed E-state index contributed by atoms with van der Waals surface area (Å²) in [5.74, 6) is 2.77. The third kappa shape index (κ3) is 3.96. The molecule has 2 heterocycles.